The van der Waals surface area contributed by atoms with Gasteiger partial charge in [-0.05, 0) is 79.0 Å². The summed E-state index contributed by atoms with van der Waals surface area (Å²) in [5.41, 5.74) is 5.56. The van der Waals surface area contributed by atoms with Gasteiger partial charge in [0.25, 0.3) is 0 Å². The van der Waals surface area contributed by atoms with Crippen molar-refractivity contribution >= 4 is 27.3 Å². The van der Waals surface area contributed by atoms with Crippen LogP contribution in [0.2, 0.25) is 0 Å². The van der Waals surface area contributed by atoms with Crippen LogP contribution in [0.4, 0.5) is 4.39 Å². The Kier molecular flexibility index (Phi) is 9.12. The number of ether oxygens (including phenoxy) is 1. The standard InChI is InChI=1S/C34H36FN3O4S2/c1-5-42-33(39)28-21-43-32(37-28)26-19-29(25-10-6-8-22(16-25)9-7-15-34(2,3)4)38(30(26)18-23-11-12-23)20-24-13-14-31(27(35)17-24)44(36,40)41/h6,8,10,13-14,16-17,19,21,23H,5,11-12,15,18,20H2,1-4H3,(H2,36,40,41). The number of carbonyl (C=O) groups excluding carboxylic acids is 1. The van der Waals surface area contributed by atoms with Crippen LogP contribution in [0.15, 0.2) is 58.8 Å². The van der Waals surface area contributed by atoms with E-state index in [1.165, 1.54) is 23.5 Å². The molecule has 0 aliphatic heterocycles. The molecular weight excluding hydrogens is 598 g/mol. The molecule has 0 saturated heterocycles. The first-order valence-corrected chi connectivity index (χ1v) is 17.0. The zero-order valence-corrected chi connectivity index (χ0v) is 26.9. The molecule has 2 aromatic heterocycles. The maximum atomic E-state index is 14.9. The number of nitrogens with zero attached hydrogens (tertiary/aromatic N) is 2. The quantitative estimate of drug-likeness (QED) is 0.157. The van der Waals surface area contributed by atoms with Crippen molar-refractivity contribution in [3.05, 3.63) is 82.2 Å². The Morgan fingerprint density at radius 2 is 1.95 bits per heavy atom. The highest BCUT2D eigenvalue weighted by Gasteiger charge is 2.28. The van der Waals surface area contributed by atoms with Crippen LogP contribution in [0.3, 0.4) is 0 Å². The number of primary sulfonamides is 1. The third-order valence-corrected chi connectivity index (χ3v) is 9.08. The average Bonchev–Trinajstić information content (AvgIpc) is 3.50. The minimum Gasteiger partial charge on any atom is -0.461 e. The normalized spacial score (nSPS) is 13.4. The van der Waals surface area contributed by atoms with Gasteiger partial charge in [0, 0.05) is 40.9 Å². The molecule has 0 unspecified atom stereocenters. The largest absolute Gasteiger partial charge is 0.461 e. The van der Waals surface area contributed by atoms with Gasteiger partial charge < -0.3 is 9.30 Å². The van der Waals surface area contributed by atoms with Crippen LogP contribution in [0, 0.1) is 29.0 Å². The van der Waals surface area contributed by atoms with Gasteiger partial charge in [0.2, 0.25) is 10.0 Å². The zero-order chi connectivity index (χ0) is 31.6. The van der Waals surface area contributed by atoms with Gasteiger partial charge >= 0.3 is 5.97 Å². The highest BCUT2D eigenvalue weighted by molar-refractivity contribution is 7.89. The fraction of sp³-hybridized carbons (Fsp3) is 0.353. The smallest absolute Gasteiger partial charge is 0.357 e. The Hall–Kier alpha value is -3.78. The molecule has 2 heterocycles. The molecule has 2 aromatic carbocycles. The molecule has 1 aliphatic rings. The number of benzene rings is 2. The summed E-state index contributed by atoms with van der Waals surface area (Å²) >= 11 is 1.38. The molecule has 1 aliphatic carbocycles. The Labute approximate surface area is 262 Å². The molecule has 44 heavy (non-hydrogen) atoms. The van der Waals surface area contributed by atoms with Gasteiger partial charge in [-0.2, -0.15) is 0 Å². The number of hydrogen-bond donors (Lipinski definition) is 1. The van der Waals surface area contributed by atoms with Gasteiger partial charge in [-0.3, -0.25) is 0 Å². The lowest BCUT2D eigenvalue weighted by Gasteiger charge is -2.16. The van der Waals surface area contributed by atoms with Crippen LogP contribution >= 0.6 is 11.3 Å². The van der Waals surface area contributed by atoms with Crippen molar-refractivity contribution in [1.82, 2.24) is 9.55 Å². The van der Waals surface area contributed by atoms with Gasteiger partial charge in [-0.15, -0.1) is 11.3 Å². The summed E-state index contributed by atoms with van der Waals surface area (Å²) in [4.78, 5) is 16.5. The Morgan fingerprint density at radius 1 is 1.18 bits per heavy atom. The fourth-order valence-corrected chi connectivity index (χ4v) is 6.34. The Balaban J connectivity index is 1.64. The lowest BCUT2D eigenvalue weighted by atomic mass is 9.92. The van der Waals surface area contributed by atoms with Gasteiger partial charge in [-0.1, -0.05) is 50.8 Å². The van der Waals surface area contributed by atoms with E-state index >= 15 is 0 Å². The van der Waals surface area contributed by atoms with Crippen molar-refractivity contribution in [2.45, 2.75) is 64.8 Å². The predicted molar refractivity (Wildman–Crippen MR) is 171 cm³/mol. The minimum atomic E-state index is -4.19. The molecule has 0 spiro atoms. The van der Waals surface area contributed by atoms with E-state index in [2.05, 4.69) is 48.2 Å². The topological polar surface area (TPSA) is 104 Å². The molecule has 2 N–H and O–H groups in total. The molecule has 230 valence electrons. The summed E-state index contributed by atoms with van der Waals surface area (Å²) in [7, 11) is -4.19. The van der Waals surface area contributed by atoms with Crippen LogP contribution in [0.25, 0.3) is 21.8 Å². The third kappa shape index (κ3) is 7.65. The van der Waals surface area contributed by atoms with E-state index in [1.54, 1.807) is 18.4 Å². The lowest BCUT2D eigenvalue weighted by molar-refractivity contribution is 0.0520. The SMILES string of the molecule is CCOC(=O)c1csc(-c2cc(-c3cccc(C#CCC(C)(C)C)c3)n(Cc3ccc(S(N)(=O)=O)c(F)c3)c2CC2CC2)n1. The number of halogens is 1. The summed E-state index contributed by atoms with van der Waals surface area (Å²) < 4.78 is 45.9. The van der Waals surface area contributed by atoms with Crippen molar-refractivity contribution in [2.24, 2.45) is 16.5 Å². The van der Waals surface area contributed by atoms with Gasteiger partial charge in [0.1, 0.15) is 15.7 Å². The van der Waals surface area contributed by atoms with E-state index in [9.17, 15) is 17.6 Å². The monoisotopic (exact) mass is 633 g/mol. The molecule has 0 amide bonds. The van der Waals surface area contributed by atoms with E-state index in [4.69, 9.17) is 9.88 Å². The van der Waals surface area contributed by atoms with Gasteiger partial charge in [0.15, 0.2) is 5.69 Å². The number of hydrogen-bond acceptors (Lipinski definition) is 6. The second-order valence-electron chi connectivity index (χ2n) is 12.3. The van der Waals surface area contributed by atoms with Gasteiger partial charge in [0.05, 0.1) is 6.61 Å². The van der Waals surface area contributed by atoms with Crippen molar-refractivity contribution < 1.29 is 22.3 Å². The number of nitrogens with two attached hydrogens (primary N) is 1. The summed E-state index contributed by atoms with van der Waals surface area (Å²) in [6, 6.07) is 14.1. The van der Waals surface area contributed by atoms with E-state index in [0.717, 1.165) is 53.8 Å². The van der Waals surface area contributed by atoms with Gasteiger partial charge in [-0.25, -0.2) is 27.7 Å². The summed E-state index contributed by atoms with van der Waals surface area (Å²) in [5.74, 6) is 5.73. The fourth-order valence-electron chi connectivity index (χ4n) is 4.93. The number of rotatable bonds is 9. The molecular formula is C34H36FN3O4S2. The molecule has 4 aromatic rings. The van der Waals surface area contributed by atoms with Crippen molar-refractivity contribution in [3.8, 4) is 33.7 Å². The molecule has 1 fully saturated rings. The van der Waals surface area contributed by atoms with Crippen LogP contribution in [0.1, 0.15) is 74.3 Å². The first-order chi connectivity index (χ1) is 20.8. The van der Waals surface area contributed by atoms with Crippen LogP contribution in [0.5, 0.6) is 0 Å². The average molecular weight is 634 g/mol. The summed E-state index contributed by atoms with van der Waals surface area (Å²) in [5, 5.41) is 7.61. The highest BCUT2D eigenvalue weighted by Crippen LogP contribution is 2.41. The molecule has 0 bridgehead atoms. The van der Waals surface area contributed by atoms with E-state index in [1.807, 2.05) is 24.3 Å². The second kappa shape index (κ2) is 12.7. The van der Waals surface area contributed by atoms with E-state index in [-0.39, 0.29) is 24.3 Å². The minimum absolute atomic E-state index is 0.0933. The van der Waals surface area contributed by atoms with E-state index in [0.29, 0.717) is 16.5 Å². The molecule has 0 atom stereocenters. The van der Waals surface area contributed by atoms with Crippen molar-refractivity contribution in [1.29, 1.82) is 0 Å². The van der Waals surface area contributed by atoms with Crippen LogP contribution in [-0.2, 0) is 27.7 Å². The maximum Gasteiger partial charge on any atom is 0.357 e. The second-order valence-corrected chi connectivity index (χ2v) is 14.7. The van der Waals surface area contributed by atoms with Crippen LogP contribution < -0.4 is 5.14 Å². The van der Waals surface area contributed by atoms with Crippen molar-refractivity contribution in [2.75, 3.05) is 6.61 Å². The molecule has 0 radical (unpaired) electrons. The maximum absolute atomic E-state index is 14.9. The molecule has 10 heteroatoms. The Morgan fingerprint density at radius 3 is 2.61 bits per heavy atom. The number of sulfonamides is 1. The molecule has 5 rings (SSSR count). The van der Waals surface area contributed by atoms with Crippen molar-refractivity contribution in [3.63, 3.8) is 0 Å². The van der Waals surface area contributed by atoms with Crippen LogP contribution in [-0.4, -0.2) is 30.5 Å². The zero-order valence-electron chi connectivity index (χ0n) is 25.3. The first kappa shape index (κ1) is 31.6. The number of esters is 1. The predicted octanol–water partition coefficient (Wildman–Crippen LogP) is 7.03. The highest BCUT2D eigenvalue weighted by atomic mass is 32.2. The Bertz CT molecular complexity index is 1870. The molecule has 1 saturated carbocycles. The summed E-state index contributed by atoms with van der Waals surface area (Å²) in [6.07, 6.45) is 3.77. The third-order valence-electron chi connectivity index (χ3n) is 7.26. The number of carbonyl (C=O) groups is 1. The summed E-state index contributed by atoms with van der Waals surface area (Å²) in [6.45, 7) is 8.75. The lowest BCUT2D eigenvalue weighted by Crippen LogP contribution is -2.14. The number of aromatic nitrogens is 2. The van der Waals surface area contributed by atoms with E-state index < -0.39 is 26.7 Å². The molecule has 7 nitrogen and oxygen atoms in total. The first-order valence-electron chi connectivity index (χ1n) is 14.6. The number of thiazole rings is 1.